The molecule has 0 saturated carbocycles. The Labute approximate surface area is 153 Å². The van der Waals surface area contributed by atoms with Crippen molar-refractivity contribution in [2.75, 3.05) is 23.3 Å². The van der Waals surface area contributed by atoms with Crippen LogP contribution < -0.4 is 15.0 Å². The van der Waals surface area contributed by atoms with E-state index in [1.54, 1.807) is 6.20 Å². The molecule has 1 atom stereocenters. The molecule has 2 heterocycles. The molecular weight excluding hydrogens is 328 g/mol. The fraction of sp³-hybridized carbons (Fsp3) is 0.300. The first kappa shape index (κ1) is 17.9. The zero-order chi connectivity index (χ0) is 18.5. The van der Waals surface area contributed by atoms with E-state index in [1.165, 1.54) is 17.4 Å². The summed E-state index contributed by atoms with van der Waals surface area (Å²) in [5.74, 6) is 0.275. The van der Waals surface area contributed by atoms with E-state index in [1.807, 2.05) is 6.07 Å². The number of anilines is 2. The van der Waals surface area contributed by atoms with Gasteiger partial charge in [0.25, 0.3) is 0 Å². The number of aromatic nitrogens is 2. The summed E-state index contributed by atoms with van der Waals surface area (Å²) < 4.78 is 4.94. The van der Waals surface area contributed by atoms with Crippen LogP contribution in [0.5, 0.6) is 5.88 Å². The van der Waals surface area contributed by atoms with Crippen molar-refractivity contribution in [1.82, 2.24) is 9.97 Å². The summed E-state index contributed by atoms with van der Waals surface area (Å²) in [6, 6.07) is 6.56. The van der Waals surface area contributed by atoms with Crippen molar-refractivity contribution in [3.05, 3.63) is 61.3 Å². The first-order valence-corrected chi connectivity index (χ1v) is 8.65. The number of esters is 1. The van der Waals surface area contributed by atoms with Crippen LogP contribution in [0.15, 0.2) is 43.2 Å². The lowest BCUT2D eigenvalue weighted by Gasteiger charge is -2.36. The van der Waals surface area contributed by atoms with Crippen LogP contribution in [0.3, 0.4) is 0 Å². The second-order valence-corrected chi connectivity index (χ2v) is 6.42. The summed E-state index contributed by atoms with van der Waals surface area (Å²) in [4.78, 5) is 21.9. The van der Waals surface area contributed by atoms with Crippen LogP contribution in [-0.4, -0.2) is 35.1 Å². The third kappa shape index (κ3) is 4.39. The Morgan fingerprint density at radius 2 is 2.23 bits per heavy atom. The normalized spacial score (nSPS) is 16.8. The van der Waals surface area contributed by atoms with Crippen molar-refractivity contribution in [2.24, 2.45) is 0 Å². The van der Waals surface area contributed by atoms with Crippen molar-refractivity contribution in [1.29, 1.82) is 0 Å². The van der Waals surface area contributed by atoms with E-state index in [4.69, 9.17) is 4.74 Å². The second kappa shape index (κ2) is 7.99. The Hall–Kier alpha value is -2.89. The fourth-order valence-electron chi connectivity index (χ4n) is 3.11. The molecule has 1 aliphatic heterocycles. The molecule has 1 saturated heterocycles. The number of nitrogens with one attached hydrogen (secondary N) is 1. The van der Waals surface area contributed by atoms with Gasteiger partial charge in [0.15, 0.2) is 0 Å². The molecular formula is C20H23N4O2. The molecule has 1 aromatic carbocycles. The molecule has 6 heteroatoms. The zero-order valence-corrected chi connectivity index (χ0v) is 14.9. The number of nitrogens with zero attached hydrogens (tertiary/aromatic N) is 3. The molecule has 0 amide bonds. The monoisotopic (exact) mass is 351 g/mol. The zero-order valence-electron chi connectivity index (χ0n) is 14.9. The van der Waals surface area contributed by atoms with Gasteiger partial charge < -0.3 is 15.0 Å². The van der Waals surface area contributed by atoms with Crippen LogP contribution in [0.1, 0.15) is 24.0 Å². The number of benzene rings is 1. The third-order valence-electron chi connectivity index (χ3n) is 4.39. The van der Waals surface area contributed by atoms with E-state index < -0.39 is 5.97 Å². The van der Waals surface area contributed by atoms with Gasteiger partial charge in [0, 0.05) is 30.9 Å². The van der Waals surface area contributed by atoms with Crippen LogP contribution in [0.4, 0.5) is 11.5 Å². The quantitative estimate of drug-likeness (QED) is 0.659. The maximum absolute atomic E-state index is 11.2. The Balaban J connectivity index is 1.64. The Morgan fingerprint density at radius 3 is 2.96 bits per heavy atom. The topological polar surface area (TPSA) is 67.3 Å². The minimum atomic E-state index is -0.550. The first-order valence-electron chi connectivity index (χ1n) is 8.65. The SMILES string of the molecule is [CH2]c1ccc(C)c(N2CCCC(Nc3cnc(OC(=O)C=C)cn3)C2)c1. The predicted molar refractivity (Wildman–Crippen MR) is 102 cm³/mol. The number of aryl methyl sites for hydroxylation is 1. The third-order valence-corrected chi connectivity index (χ3v) is 4.39. The average molecular weight is 351 g/mol. The second-order valence-electron chi connectivity index (χ2n) is 6.42. The number of piperidine rings is 1. The largest absolute Gasteiger partial charge is 0.403 e. The summed E-state index contributed by atoms with van der Waals surface area (Å²) in [6.45, 7) is 11.4. The standard InChI is InChI=1S/C20H23N4O2/c1-4-20(25)26-19-12-21-18(11-22-19)23-16-6-5-9-24(13-16)17-10-14(2)7-8-15(17)3/h4,7-8,10-12,16H,1-2,5-6,9,13H2,3H3,(H,21,23). The van der Waals surface area contributed by atoms with Gasteiger partial charge in [0.2, 0.25) is 5.88 Å². The molecule has 1 fully saturated rings. The maximum Gasteiger partial charge on any atom is 0.336 e. The van der Waals surface area contributed by atoms with Crippen molar-refractivity contribution in [3.63, 3.8) is 0 Å². The highest BCUT2D eigenvalue weighted by atomic mass is 16.5. The predicted octanol–water partition coefficient (Wildman–Crippen LogP) is 3.14. The number of carbonyl (C=O) groups excluding carboxylic acids is 1. The molecule has 1 radical (unpaired) electrons. The van der Waals surface area contributed by atoms with Gasteiger partial charge in [0.05, 0.1) is 12.4 Å². The lowest BCUT2D eigenvalue weighted by Crippen LogP contribution is -2.42. The first-order chi connectivity index (χ1) is 12.5. The van der Waals surface area contributed by atoms with Crippen LogP contribution >= 0.6 is 0 Å². The lowest BCUT2D eigenvalue weighted by molar-refractivity contribution is -0.129. The Bertz CT molecular complexity index is 789. The molecule has 1 unspecified atom stereocenters. The highest BCUT2D eigenvalue weighted by Gasteiger charge is 2.21. The molecule has 0 spiro atoms. The summed E-state index contributed by atoms with van der Waals surface area (Å²) in [7, 11) is 0. The van der Waals surface area contributed by atoms with Crippen molar-refractivity contribution >= 4 is 17.5 Å². The molecule has 1 aromatic heterocycles. The highest BCUT2D eigenvalue weighted by Crippen LogP contribution is 2.26. The van der Waals surface area contributed by atoms with Gasteiger partial charge in [-0.3, -0.25) is 0 Å². The van der Waals surface area contributed by atoms with Gasteiger partial charge in [0.1, 0.15) is 5.82 Å². The van der Waals surface area contributed by atoms with Gasteiger partial charge in [-0.2, -0.15) is 0 Å². The number of hydrogen-bond acceptors (Lipinski definition) is 6. The highest BCUT2D eigenvalue weighted by molar-refractivity contribution is 5.83. The molecule has 2 aromatic rings. The number of hydrogen-bond donors (Lipinski definition) is 1. The van der Waals surface area contributed by atoms with E-state index in [0.717, 1.165) is 37.6 Å². The van der Waals surface area contributed by atoms with E-state index in [9.17, 15) is 4.79 Å². The van der Waals surface area contributed by atoms with Crippen LogP contribution in [0.25, 0.3) is 0 Å². The molecule has 3 rings (SSSR count). The van der Waals surface area contributed by atoms with Gasteiger partial charge in [-0.25, -0.2) is 14.8 Å². The summed E-state index contributed by atoms with van der Waals surface area (Å²) in [6.07, 6.45) is 6.26. The molecule has 1 aliphatic rings. The summed E-state index contributed by atoms with van der Waals surface area (Å²) >= 11 is 0. The van der Waals surface area contributed by atoms with E-state index in [0.29, 0.717) is 5.82 Å². The average Bonchev–Trinajstić information content (AvgIpc) is 2.65. The van der Waals surface area contributed by atoms with Crippen LogP contribution in [-0.2, 0) is 4.79 Å². The molecule has 6 nitrogen and oxygen atoms in total. The fourth-order valence-corrected chi connectivity index (χ4v) is 3.11. The van der Waals surface area contributed by atoms with Crippen molar-refractivity contribution in [2.45, 2.75) is 25.8 Å². The molecule has 26 heavy (non-hydrogen) atoms. The van der Waals surface area contributed by atoms with Gasteiger partial charge in [-0.05, 0) is 43.9 Å². The van der Waals surface area contributed by atoms with Gasteiger partial charge >= 0.3 is 5.97 Å². The summed E-state index contributed by atoms with van der Waals surface area (Å²) in [5.41, 5.74) is 3.52. The summed E-state index contributed by atoms with van der Waals surface area (Å²) in [5, 5.41) is 3.42. The van der Waals surface area contributed by atoms with Crippen molar-refractivity contribution in [3.8, 4) is 5.88 Å². The van der Waals surface area contributed by atoms with E-state index in [2.05, 4.69) is 52.7 Å². The van der Waals surface area contributed by atoms with Gasteiger partial charge in [-0.15, -0.1) is 0 Å². The van der Waals surface area contributed by atoms with Crippen LogP contribution in [0, 0.1) is 13.8 Å². The van der Waals surface area contributed by atoms with Gasteiger partial charge in [-0.1, -0.05) is 18.7 Å². The maximum atomic E-state index is 11.2. The number of rotatable bonds is 5. The minimum absolute atomic E-state index is 0.161. The van der Waals surface area contributed by atoms with E-state index in [-0.39, 0.29) is 11.9 Å². The number of carbonyl (C=O) groups is 1. The molecule has 0 bridgehead atoms. The number of ether oxygens (including phenoxy) is 1. The minimum Gasteiger partial charge on any atom is -0.403 e. The molecule has 1 N–H and O–H groups in total. The molecule has 135 valence electrons. The lowest BCUT2D eigenvalue weighted by atomic mass is 10.0. The van der Waals surface area contributed by atoms with E-state index >= 15 is 0 Å². The Kier molecular flexibility index (Phi) is 5.51. The Morgan fingerprint density at radius 1 is 1.38 bits per heavy atom. The smallest absolute Gasteiger partial charge is 0.336 e. The van der Waals surface area contributed by atoms with Crippen LogP contribution in [0.2, 0.25) is 0 Å². The molecule has 0 aliphatic carbocycles. The van der Waals surface area contributed by atoms with Crippen molar-refractivity contribution < 1.29 is 9.53 Å².